The number of aryl methyl sites for hydroxylation is 1. The molecular formula is C25H30N4O4. The van der Waals surface area contributed by atoms with Crippen molar-refractivity contribution in [2.45, 2.75) is 53.2 Å². The summed E-state index contributed by atoms with van der Waals surface area (Å²) in [6.45, 7) is 8.08. The van der Waals surface area contributed by atoms with Gasteiger partial charge in [0.25, 0.3) is 5.91 Å². The highest BCUT2D eigenvalue weighted by Crippen LogP contribution is 2.20. The second kappa shape index (κ2) is 10.8. The lowest BCUT2D eigenvalue weighted by Crippen LogP contribution is -2.23. The highest BCUT2D eigenvalue weighted by Gasteiger charge is 2.15. The van der Waals surface area contributed by atoms with Gasteiger partial charge in [-0.05, 0) is 70.0 Å². The van der Waals surface area contributed by atoms with Crippen molar-refractivity contribution in [3.63, 3.8) is 0 Å². The average molecular weight is 451 g/mol. The molecule has 2 heterocycles. The minimum absolute atomic E-state index is 0.00253. The van der Waals surface area contributed by atoms with Crippen molar-refractivity contribution >= 4 is 11.9 Å². The Morgan fingerprint density at radius 1 is 1.12 bits per heavy atom. The van der Waals surface area contributed by atoms with E-state index >= 15 is 0 Å². The van der Waals surface area contributed by atoms with E-state index in [0.29, 0.717) is 30.8 Å². The predicted octanol–water partition coefficient (Wildman–Crippen LogP) is 3.71. The van der Waals surface area contributed by atoms with Crippen LogP contribution in [0.15, 0.2) is 42.6 Å². The fraction of sp³-hybridized carbons (Fsp3) is 0.360. The number of aromatic nitrogens is 3. The first-order chi connectivity index (χ1) is 15.8. The van der Waals surface area contributed by atoms with E-state index in [0.717, 1.165) is 28.2 Å². The first kappa shape index (κ1) is 24.0. The number of ether oxygens (including phenoxy) is 2. The maximum absolute atomic E-state index is 12.7. The first-order valence-corrected chi connectivity index (χ1v) is 10.9. The van der Waals surface area contributed by atoms with E-state index in [-0.39, 0.29) is 18.0 Å². The normalized spacial score (nSPS) is 10.8. The van der Waals surface area contributed by atoms with Crippen molar-refractivity contribution in [3.05, 3.63) is 70.7 Å². The Morgan fingerprint density at radius 3 is 2.52 bits per heavy atom. The SMILES string of the molecule is COC(=O)CCc1c(C)nn(-c2ccc(C(=O)NCc3cccnc3OC(C)C)cc2)c1C. The number of methoxy groups -OCH3 is 1. The van der Waals surface area contributed by atoms with E-state index in [4.69, 9.17) is 9.47 Å². The van der Waals surface area contributed by atoms with Crippen LogP contribution in [0.25, 0.3) is 5.69 Å². The molecule has 174 valence electrons. The van der Waals surface area contributed by atoms with Crippen LogP contribution in [-0.4, -0.2) is 39.9 Å². The molecule has 1 N–H and O–H groups in total. The zero-order chi connectivity index (χ0) is 24.0. The molecular weight excluding hydrogens is 420 g/mol. The van der Waals surface area contributed by atoms with E-state index < -0.39 is 0 Å². The number of pyridine rings is 1. The number of nitrogens with zero attached hydrogens (tertiary/aromatic N) is 3. The molecule has 0 atom stereocenters. The Kier molecular flexibility index (Phi) is 7.82. The van der Waals surface area contributed by atoms with Gasteiger partial charge < -0.3 is 14.8 Å². The maximum Gasteiger partial charge on any atom is 0.305 e. The van der Waals surface area contributed by atoms with Crippen LogP contribution < -0.4 is 10.1 Å². The minimum atomic E-state index is -0.244. The number of rotatable bonds is 9. The molecule has 0 saturated carbocycles. The molecule has 3 aromatic rings. The molecule has 8 heteroatoms. The smallest absolute Gasteiger partial charge is 0.305 e. The van der Waals surface area contributed by atoms with Gasteiger partial charge in [0.1, 0.15) is 0 Å². The Labute approximate surface area is 193 Å². The van der Waals surface area contributed by atoms with Crippen LogP contribution in [0.4, 0.5) is 0 Å². The molecule has 1 aromatic carbocycles. The van der Waals surface area contributed by atoms with Crippen LogP contribution in [0, 0.1) is 13.8 Å². The van der Waals surface area contributed by atoms with Crippen molar-refractivity contribution in [3.8, 4) is 11.6 Å². The van der Waals surface area contributed by atoms with E-state index in [2.05, 4.69) is 15.4 Å². The Balaban J connectivity index is 1.68. The van der Waals surface area contributed by atoms with Crippen LogP contribution in [-0.2, 0) is 22.5 Å². The Bertz CT molecular complexity index is 1120. The summed E-state index contributed by atoms with van der Waals surface area (Å²) in [5, 5.41) is 7.53. The summed E-state index contributed by atoms with van der Waals surface area (Å²) >= 11 is 0. The summed E-state index contributed by atoms with van der Waals surface area (Å²) in [7, 11) is 1.39. The second-order valence-corrected chi connectivity index (χ2v) is 8.00. The summed E-state index contributed by atoms with van der Waals surface area (Å²) < 4.78 is 12.3. The molecule has 0 unspecified atom stereocenters. The zero-order valence-corrected chi connectivity index (χ0v) is 19.7. The van der Waals surface area contributed by atoms with Gasteiger partial charge in [0.15, 0.2) is 0 Å². The molecule has 0 saturated heterocycles. The first-order valence-electron chi connectivity index (χ1n) is 10.9. The second-order valence-electron chi connectivity index (χ2n) is 8.00. The Morgan fingerprint density at radius 2 is 1.85 bits per heavy atom. The Hall–Kier alpha value is -3.68. The third-order valence-corrected chi connectivity index (χ3v) is 5.26. The lowest BCUT2D eigenvalue weighted by atomic mass is 10.1. The van der Waals surface area contributed by atoms with Gasteiger partial charge in [0.2, 0.25) is 5.88 Å². The van der Waals surface area contributed by atoms with Crippen LogP contribution in [0.5, 0.6) is 5.88 Å². The molecule has 0 bridgehead atoms. The molecule has 33 heavy (non-hydrogen) atoms. The van der Waals surface area contributed by atoms with E-state index in [9.17, 15) is 9.59 Å². The molecule has 8 nitrogen and oxygen atoms in total. The number of benzene rings is 1. The number of hydrogen-bond acceptors (Lipinski definition) is 6. The predicted molar refractivity (Wildman–Crippen MR) is 125 cm³/mol. The van der Waals surface area contributed by atoms with Gasteiger partial charge in [-0.25, -0.2) is 9.67 Å². The van der Waals surface area contributed by atoms with E-state index in [1.54, 1.807) is 18.3 Å². The maximum atomic E-state index is 12.7. The van der Waals surface area contributed by atoms with Gasteiger partial charge in [0.05, 0.1) is 24.6 Å². The number of amides is 1. The third-order valence-electron chi connectivity index (χ3n) is 5.26. The molecule has 0 aliphatic rings. The topological polar surface area (TPSA) is 95.3 Å². The van der Waals surface area contributed by atoms with Gasteiger partial charge >= 0.3 is 5.97 Å². The summed E-state index contributed by atoms with van der Waals surface area (Å²) in [5.74, 6) is 0.0924. The molecule has 1 amide bonds. The zero-order valence-electron chi connectivity index (χ0n) is 19.7. The van der Waals surface area contributed by atoms with Crippen LogP contribution in [0.1, 0.15) is 53.1 Å². The van der Waals surface area contributed by atoms with Crippen LogP contribution in [0.3, 0.4) is 0 Å². The molecule has 0 fully saturated rings. The number of carbonyl (C=O) groups is 2. The lowest BCUT2D eigenvalue weighted by Gasteiger charge is -2.13. The molecule has 0 spiro atoms. The van der Waals surface area contributed by atoms with Gasteiger partial charge in [-0.15, -0.1) is 0 Å². The number of nitrogens with one attached hydrogen (secondary N) is 1. The largest absolute Gasteiger partial charge is 0.475 e. The highest BCUT2D eigenvalue weighted by atomic mass is 16.5. The minimum Gasteiger partial charge on any atom is -0.475 e. The van der Waals surface area contributed by atoms with Crippen molar-refractivity contribution in [1.82, 2.24) is 20.1 Å². The van der Waals surface area contributed by atoms with Crippen LogP contribution in [0.2, 0.25) is 0 Å². The molecule has 0 radical (unpaired) electrons. The van der Waals surface area contributed by atoms with Gasteiger partial charge in [-0.2, -0.15) is 5.10 Å². The molecule has 2 aromatic heterocycles. The van der Waals surface area contributed by atoms with Gasteiger partial charge in [-0.3, -0.25) is 9.59 Å². The van der Waals surface area contributed by atoms with Gasteiger partial charge in [-0.1, -0.05) is 6.07 Å². The number of carbonyl (C=O) groups excluding carboxylic acids is 2. The summed E-state index contributed by atoms with van der Waals surface area (Å²) in [5.41, 5.74) is 5.06. The van der Waals surface area contributed by atoms with Crippen molar-refractivity contribution < 1.29 is 19.1 Å². The summed E-state index contributed by atoms with van der Waals surface area (Å²) in [6, 6.07) is 11.0. The van der Waals surface area contributed by atoms with E-state index in [1.807, 2.05) is 56.6 Å². The average Bonchev–Trinajstić information content (AvgIpc) is 3.09. The van der Waals surface area contributed by atoms with Crippen molar-refractivity contribution in [2.75, 3.05) is 7.11 Å². The van der Waals surface area contributed by atoms with Crippen molar-refractivity contribution in [2.24, 2.45) is 0 Å². The highest BCUT2D eigenvalue weighted by molar-refractivity contribution is 5.94. The molecule has 3 rings (SSSR count). The third kappa shape index (κ3) is 5.97. The van der Waals surface area contributed by atoms with Crippen LogP contribution >= 0.6 is 0 Å². The lowest BCUT2D eigenvalue weighted by molar-refractivity contribution is -0.140. The van der Waals surface area contributed by atoms with Crippen molar-refractivity contribution in [1.29, 1.82) is 0 Å². The van der Waals surface area contributed by atoms with E-state index in [1.165, 1.54) is 7.11 Å². The number of esters is 1. The monoisotopic (exact) mass is 450 g/mol. The molecule has 0 aliphatic carbocycles. The fourth-order valence-electron chi connectivity index (χ4n) is 3.54. The standard InChI is InChI=1S/C25H30N4O4/c1-16(2)33-25-20(7-6-14-26-25)15-27-24(31)19-8-10-21(11-9-19)29-18(4)22(17(3)28-29)12-13-23(30)32-5/h6-11,14,16H,12-13,15H2,1-5H3,(H,27,31). The molecule has 0 aliphatic heterocycles. The fourth-order valence-corrected chi connectivity index (χ4v) is 3.54. The quantitative estimate of drug-likeness (QED) is 0.500. The summed E-state index contributed by atoms with van der Waals surface area (Å²) in [4.78, 5) is 28.4. The summed E-state index contributed by atoms with van der Waals surface area (Å²) in [6.07, 6.45) is 2.55. The van der Waals surface area contributed by atoms with Gasteiger partial charge in [0, 0.05) is 36.0 Å². The number of hydrogen-bond donors (Lipinski definition) is 1.